The van der Waals surface area contributed by atoms with Crippen molar-refractivity contribution < 1.29 is 24.2 Å². The van der Waals surface area contributed by atoms with Crippen LogP contribution in [0.5, 0.6) is 11.5 Å². The second-order valence-electron chi connectivity index (χ2n) is 6.37. The monoisotopic (exact) mass is 490 g/mol. The summed E-state index contributed by atoms with van der Waals surface area (Å²) in [4.78, 5) is 30.6. The number of hydrogen-bond donors (Lipinski definition) is 1. The minimum Gasteiger partial charge on any atom is -0.506 e. The summed E-state index contributed by atoms with van der Waals surface area (Å²) in [6, 6.07) is 10.4. The number of aromatic nitrogens is 1. The zero-order chi connectivity index (χ0) is 21.8. The van der Waals surface area contributed by atoms with Crippen molar-refractivity contribution in [2.75, 3.05) is 12.0 Å². The Kier molecular flexibility index (Phi) is 6.73. The van der Waals surface area contributed by atoms with E-state index in [-0.39, 0.29) is 23.8 Å². The van der Waals surface area contributed by atoms with Gasteiger partial charge in [0.25, 0.3) is 0 Å². The van der Waals surface area contributed by atoms with Crippen LogP contribution in [0.3, 0.4) is 0 Å². The van der Waals surface area contributed by atoms with Crippen molar-refractivity contribution in [1.82, 2.24) is 4.98 Å². The molecule has 9 heteroatoms. The largest absolute Gasteiger partial charge is 0.506 e. The first-order valence-electron chi connectivity index (χ1n) is 8.86. The van der Waals surface area contributed by atoms with Crippen LogP contribution in [0, 0.1) is 6.92 Å². The van der Waals surface area contributed by atoms with Gasteiger partial charge in [0.1, 0.15) is 23.7 Å². The number of aromatic hydroxyl groups is 1. The molecule has 30 heavy (non-hydrogen) atoms. The number of aryl methyl sites for hydroxylation is 1. The van der Waals surface area contributed by atoms with Gasteiger partial charge in [-0.1, -0.05) is 12.1 Å². The molecule has 1 amide bonds. The Morgan fingerprint density at radius 1 is 1.27 bits per heavy atom. The highest BCUT2D eigenvalue weighted by molar-refractivity contribution is 9.10. The molecule has 0 spiro atoms. The molecule has 0 atom stereocenters. The summed E-state index contributed by atoms with van der Waals surface area (Å²) in [5.74, 6) is -0.536. The number of halogens is 1. The lowest BCUT2D eigenvalue weighted by Gasteiger charge is -2.20. The van der Waals surface area contributed by atoms with Gasteiger partial charge < -0.3 is 14.6 Å². The van der Waals surface area contributed by atoms with Gasteiger partial charge in [-0.3, -0.25) is 9.69 Å². The summed E-state index contributed by atoms with van der Waals surface area (Å²) in [5.41, 5.74) is 1.92. The number of phenols is 1. The van der Waals surface area contributed by atoms with E-state index in [1.165, 1.54) is 30.3 Å². The molecule has 2 aromatic carbocycles. The van der Waals surface area contributed by atoms with E-state index in [0.29, 0.717) is 26.7 Å². The number of hydrogen-bond acceptors (Lipinski definition) is 7. The standard InChI is InChI=1S/C21H19BrN2O5S/c1-12-8-15(19(26)16(22)9-12)20(27)29-10-14-11-30-21(23-14)24(13(2)25)17-6-4-5-7-18(17)28-3/h4-9,11,26H,10H2,1-3H3. The third-order valence-corrected chi connectivity index (χ3v) is 5.63. The van der Waals surface area contributed by atoms with E-state index in [9.17, 15) is 14.7 Å². The smallest absolute Gasteiger partial charge is 0.342 e. The highest BCUT2D eigenvalue weighted by Crippen LogP contribution is 2.35. The van der Waals surface area contributed by atoms with E-state index in [4.69, 9.17) is 9.47 Å². The first kappa shape index (κ1) is 21.8. The molecule has 156 valence electrons. The minimum atomic E-state index is -0.667. The molecule has 0 saturated carbocycles. The van der Waals surface area contributed by atoms with Crippen LogP contribution in [0.2, 0.25) is 0 Å². The van der Waals surface area contributed by atoms with E-state index >= 15 is 0 Å². The van der Waals surface area contributed by atoms with Gasteiger partial charge in [-0.2, -0.15) is 0 Å². The third-order valence-electron chi connectivity index (χ3n) is 4.15. The van der Waals surface area contributed by atoms with Gasteiger partial charge in [0, 0.05) is 12.3 Å². The Bertz CT molecular complexity index is 1100. The quantitative estimate of drug-likeness (QED) is 0.490. The Hall–Kier alpha value is -2.91. The second kappa shape index (κ2) is 9.27. The Labute approximate surface area is 186 Å². The number of esters is 1. The molecule has 0 aliphatic heterocycles. The van der Waals surface area contributed by atoms with Crippen molar-refractivity contribution >= 4 is 50.0 Å². The van der Waals surface area contributed by atoms with Crippen LogP contribution in [0.25, 0.3) is 0 Å². The van der Waals surface area contributed by atoms with Crippen molar-refractivity contribution in [3.05, 3.63) is 63.1 Å². The van der Waals surface area contributed by atoms with Crippen molar-refractivity contribution in [1.29, 1.82) is 0 Å². The number of carbonyl (C=O) groups is 2. The predicted molar refractivity (Wildman–Crippen MR) is 118 cm³/mol. The fourth-order valence-electron chi connectivity index (χ4n) is 2.79. The number of anilines is 2. The molecular formula is C21H19BrN2O5S. The SMILES string of the molecule is COc1ccccc1N(C(C)=O)c1nc(COC(=O)c2cc(C)cc(Br)c2O)cs1. The number of rotatable bonds is 6. The van der Waals surface area contributed by atoms with Crippen molar-refractivity contribution in [2.45, 2.75) is 20.5 Å². The molecule has 0 radical (unpaired) electrons. The zero-order valence-electron chi connectivity index (χ0n) is 16.5. The average molecular weight is 491 g/mol. The number of ether oxygens (including phenoxy) is 2. The number of para-hydroxylation sites is 2. The molecule has 0 fully saturated rings. The van der Waals surface area contributed by atoms with Gasteiger partial charge in [0.15, 0.2) is 5.13 Å². The van der Waals surface area contributed by atoms with Gasteiger partial charge in [-0.25, -0.2) is 9.78 Å². The van der Waals surface area contributed by atoms with E-state index in [1.807, 2.05) is 13.0 Å². The summed E-state index contributed by atoms with van der Waals surface area (Å²) < 4.78 is 11.1. The first-order valence-corrected chi connectivity index (χ1v) is 10.5. The third kappa shape index (κ3) is 4.63. The molecule has 0 aliphatic rings. The highest BCUT2D eigenvalue weighted by atomic mass is 79.9. The lowest BCUT2D eigenvalue weighted by molar-refractivity contribution is -0.115. The summed E-state index contributed by atoms with van der Waals surface area (Å²) in [6.45, 7) is 3.14. The molecular weight excluding hydrogens is 472 g/mol. The number of phenolic OH excluding ortho intramolecular Hbond substituents is 1. The number of thiazole rings is 1. The molecule has 3 aromatic rings. The fourth-order valence-corrected chi connectivity index (χ4v) is 4.23. The summed E-state index contributed by atoms with van der Waals surface area (Å²) >= 11 is 4.46. The predicted octanol–water partition coefficient (Wildman–Crippen LogP) is 4.97. The fraction of sp³-hybridized carbons (Fsp3) is 0.190. The number of carbonyl (C=O) groups excluding carboxylic acids is 2. The highest BCUT2D eigenvalue weighted by Gasteiger charge is 2.22. The van der Waals surface area contributed by atoms with Gasteiger partial charge in [-0.05, 0) is 52.7 Å². The van der Waals surface area contributed by atoms with Gasteiger partial charge >= 0.3 is 5.97 Å². The van der Waals surface area contributed by atoms with Crippen molar-refractivity contribution in [3.8, 4) is 11.5 Å². The van der Waals surface area contributed by atoms with Crippen LogP contribution in [-0.2, 0) is 16.1 Å². The summed E-state index contributed by atoms with van der Waals surface area (Å²) in [5, 5.41) is 12.2. The Morgan fingerprint density at radius 2 is 2.00 bits per heavy atom. The minimum absolute atomic E-state index is 0.0664. The topological polar surface area (TPSA) is 89.0 Å². The average Bonchev–Trinajstić information content (AvgIpc) is 3.17. The summed E-state index contributed by atoms with van der Waals surface area (Å²) in [6.07, 6.45) is 0. The molecule has 1 heterocycles. The van der Waals surface area contributed by atoms with Gasteiger partial charge in [0.2, 0.25) is 5.91 Å². The maximum absolute atomic E-state index is 12.4. The molecule has 0 aliphatic carbocycles. The number of amides is 1. The maximum Gasteiger partial charge on any atom is 0.342 e. The van der Waals surface area contributed by atoms with Crippen LogP contribution < -0.4 is 9.64 Å². The molecule has 0 bridgehead atoms. The summed E-state index contributed by atoms with van der Waals surface area (Å²) in [7, 11) is 1.53. The Balaban J connectivity index is 1.79. The molecule has 7 nitrogen and oxygen atoms in total. The maximum atomic E-state index is 12.4. The number of methoxy groups -OCH3 is 1. The van der Waals surface area contributed by atoms with E-state index in [2.05, 4.69) is 20.9 Å². The van der Waals surface area contributed by atoms with Gasteiger partial charge in [0.05, 0.1) is 23.0 Å². The van der Waals surface area contributed by atoms with Crippen LogP contribution in [0.4, 0.5) is 10.8 Å². The first-order chi connectivity index (χ1) is 14.3. The van der Waals surface area contributed by atoms with Gasteiger partial charge in [-0.15, -0.1) is 11.3 Å². The normalized spacial score (nSPS) is 10.5. The molecule has 1 aromatic heterocycles. The Morgan fingerprint density at radius 3 is 2.70 bits per heavy atom. The molecule has 0 unspecified atom stereocenters. The zero-order valence-corrected chi connectivity index (χ0v) is 18.9. The lowest BCUT2D eigenvalue weighted by atomic mass is 10.1. The lowest BCUT2D eigenvalue weighted by Crippen LogP contribution is -2.23. The number of benzene rings is 2. The van der Waals surface area contributed by atoms with Crippen LogP contribution >= 0.6 is 27.3 Å². The molecule has 1 N–H and O–H groups in total. The van der Waals surface area contributed by atoms with Crippen molar-refractivity contribution in [3.63, 3.8) is 0 Å². The van der Waals surface area contributed by atoms with Crippen LogP contribution in [0.1, 0.15) is 28.5 Å². The van der Waals surface area contributed by atoms with E-state index in [0.717, 1.165) is 5.56 Å². The van der Waals surface area contributed by atoms with Crippen LogP contribution in [0.15, 0.2) is 46.3 Å². The second-order valence-corrected chi connectivity index (χ2v) is 8.06. The van der Waals surface area contributed by atoms with E-state index in [1.54, 1.807) is 35.7 Å². The van der Waals surface area contributed by atoms with E-state index < -0.39 is 5.97 Å². The molecule has 0 saturated heterocycles. The van der Waals surface area contributed by atoms with Crippen molar-refractivity contribution in [2.24, 2.45) is 0 Å². The molecule has 3 rings (SSSR count). The number of nitrogens with zero attached hydrogens (tertiary/aromatic N) is 2. The van der Waals surface area contributed by atoms with Crippen LogP contribution in [-0.4, -0.2) is 29.1 Å².